The van der Waals surface area contributed by atoms with E-state index in [1.54, 1.807) is 0 Å². The Hall–Kier alpha value is -1.55. The molecule has 23 heavy (non-hydrogen) atoms. The minimum atomic E-state index is -0.516. The van der Waals surface area contributed by atoms with Crippen LogP contribution in [0.15, 0.2) is 54.6 Å². The number of halogens is 1. The molecule has 0 amide bonds. The zero-order chi connectivity index (χ0) is 15.8. The molecule has 2 unspecified atom stereocenters. The highest BCUT2D eigenvalue weighted by Gasteiger charge is 2.10. The maximum atomic E-state index is 10.0. The van der Waals surface area contributed by atoms with E-state index in [1.807, 2.05) is 42.5 Å². The van der Waals surface area contributed by atoms with E-state index in [-0.39, 0.29) is 19.0 Å². The van der Waals surface area contributed by atoms with Gasteiger partial charge in [0.25, 0.3) is 0 Å². The molecular formula is C19H26ClNO2. The van der Waals surface area contributed by atoms with Crippen LogP contribution in [0.5, 0.6) is 5.75 Å². The van der Waals surface area contributed by atoms with Gasteiger partial charge in [-0.3, -0.25) is 0 Å². The Bertz CT molecular complexity index is 562. The van der Waals surface area contributed by atoms with Crippen molar-refractivity contribution in [2.45, 2.75) is 32.4 Å². The molecular weight excluding hydrogens is 310 g/mol. The summed E-state index contributed by atoms with van der Waals surface area (Å²) in [6, 6.07) is 18.5. The molecule has 2 aromatic rings. The summed E-state index contributed by atoms with van der Waals surface area (Å²) in [4.78, 5) is 0. The van der Waals surface area contributed by atoms with Crippen LogP contribution in [0.3, 0.4) is 0 Å². The Balaban J connectivity index is 0.00000264. The summed E-state index contributed by atoms with van der Waals surface area (Å²) in [7, 11) is 0. The molecule has 0 saturated heterocycles. The Labute approximate surface area is 145 Å². The lowest BCUT2D eigenvalue weighted by atomic mass is 10.1. The van der Waals surface area contributed by atoms with Crippen LogP contribution in [0.25, 0.3) is 11.1 Å². The lowest BCUT2D eigenvalue weighted by Crippen LogP contribution is -2.36. The predicted molar refractivity (Wildman–Crippen MR) is 98.4 cm³/mol. The molecule has 0 aromatic heterocycles. The third-order valence-corrected chi connectivity index (χ3v) is 3.72. The molecule has 0 saturated carbocycles. The molecule has 3 nitrogen and oxygen atoms in total. The van der Waals surface area contributed by atoms with Crippen molar-refractivity contribution in [1.82, 2.24) is 5.32 Å². The number of rotatable bonds is 8. The second kappa shape index (κ2) is 10.3. The smallest absolute Gasteiger partial charge is 0.127 e. The Kier molecular flexibility index (Phi) is 8.70. The number of aliphatic hydroxyl groups is 1. The first-order valence-electron chi connectivity index (χ1n) is 7.89. The first kappa shape index (κ1) is 19.5. The average molecular weight is 336 g/mol. The molecule has 2 aromatic carbocycles. The topological polar surface area (TPSA) is 41.5 Å². The summed E-state index contributed by atoms with van der Waals surface area (Å²) in [5.74, 6) is 0.802. The highest BCUT2D eigenvalue weighted by molar-refractivity contribution is 5.85. The van der Waals surface area contributed by atoms with E-state index in [4.69, 9.17) is 4.74 Å². The summed E-state index contributed by atoms with van der Waals surface area (Å²) in [6.07, 6.45) is 0.530. The van der Waals surface area contributed by atoms with E-state index in [2.05, 4.69) is 31.3 Å². The van der Waals surface area contributed by atoms with Crippen molar-refractivity contribution in [3.05, 3.63) is 54.6 Å². The van der Waals surface area contributed by atoms with Crippen LogP contribution >= 0.6 is 12.4 Å². The van der Waals surface area contributed by atoms with Gasteiger partial charge in [-0.15, -0.1) is 12.4 Å². The first-order chi connectivity index (χ1) is 10.7. The standard InChI is InChI=1S/C19H25NO2.ClH/c1-3-15(2)20-13-17(21)14-22-19-12-8-7-11-18(19)16-9-5-4-6-10-16;/h4-12,15,17,20-21H,3,13-14H2,1-2H3;1H. The Morgan fingerprint density at radius 1 is 1.04 bits per heavy atom. The highest BCUT2D eigenvalue weighted by atomic mass is 35.5. The molecule has 2 rings (SSSR count). The van der Waals surface area contributed by atoms with Gasteiger partial charge in [-0.2, -0.15) is 0 Å². The van der Waals surface area contributed by atoms with E-state index < -0.39 is 6.10 Å². The van der Waals surface area contributed by atoms with Crippen LogP contribution in [0.4, 0.5) is 0 Å². The minimum Gasteiger partial charge on any atom is -0.490 e. The highest BCUT2D eigenvalue weighted by Crippen LogP contribution is 2.29. The van der Waals surface area contributed by atoms with Crippen molar-refractivity contribution < 1.29 is 9.84 Å². The molecule has 0 aliphatic heterocycles. The van der Waals surface area contributed by atoms with Gasteiger partial charge in [-0.05, 0) is 25.0 Å². The van der Waals surface area contributed by atoms with E-state index in [1.165, 1.54) is 0 Å². The Morgan fingerprint density at radius 2 is 1.70 bits per heavy atom. The molecule has 0 bridgehead atoms. The van der Waals surface area contributed by atoms with Crippen LogP contribution in [0.1, 0.15) is 20.3 Å². The fraction of sp³-hybridized carbons (Fsp3) is 0.368. The van der Waals surface area contributed by atoms with Crippen LogP contribution in [0, 0.1) is 0 Å². The molecule has 0 aliphatic rings. The van der Waals surface area contributed by atoms with Gasteiger partial charge in [0.05, 0.1) is 0 Å². The van der Waals surface area contributed by atoms with Crippen molar-refractivity contribution in [3.8, 4) is 16.9 Å². The maximum absolute atomic E-state index is 10.0. The molecule has 2 N–H and O–H groups in total. The predicted octanol–water partition coefficient (Wildman–Crippen LogP) is 3.90. The molecule has 0 spiro atoms. The monoisotopic (exact) mass is 335 g/mol. The van der Waals surface area contributed by atoms with Crippen molar-refractivity contribution in [1.29, 1.82) is 0 Å². The molecule has 0 fully saturated rings. The lowest BCUT2D eigenvalue weighted by Gasteiger charge is -2.17. The zero-order valence-corrected chi connectivity index (χ0v) is 14.6. The number of nitrogens with one attached hydrogen (secondary N) is 1. The second-order valence-electron chi connectivity index (χ2n) is 5.54. The quantitative estimate of drug-likeness (QED) is 0.768. The average Bonchev–Trinajstić information content (AvgIpc) is 2.58. The van der Waals surface area contributed by atoms with E-state index in [9.17, 15) is 5.11 Å². The fourth-order valence-corrected chi connectivity index (χ4v) is 2.18. The van der Waals surface area contributed by atoms with Gasteiger partial charge in [-0.25, -0.2) is 0 Å². The number of hydrogen-bond donors (Lipinski definition) is 2. The van der Waals surface area contributed by atoms with Crippen molar-refractivity contribution in [3.63, 3.8) is 0 Å². The lowest BCUT2D eigenvalue weighted by molar-refractivity contribution is 0.104. The van der Waals surface area contributed by atoms with Crippen LogP contribution < -0.4 is 10.1 Å². The third kappa shape index (κ3) is 6.22. The summed E-state index contributed by atoms with van der Waals surface area (Å²) in [5, 5.41) is 13.3. The number of ether oxygens (including phenoxy) is 1. The SMILES string of the molecule is CCC(C)NCC(O)COc1ccccc1-c1ccccc1.Cl. The second-order valence-corrected chi connectivity index (χ2v) is 5.54. The molecule has 2 atom stereocenters. The van der Waals surface area contributed by atoms with Gasteiger partial charge in [-0.1, -0.05) is 55.5 Å². The molecule has 0 aliphatic carbocycles. The van der Waals surface area contributed by atoms with Gasteiger partial charge in [0.15, 0.2) is 0 Å². The number of benzene rings is 2. The van der Waals surface area contributed by atoms with Crippen LogP contribution in [-0.4, -0.2) is 30.4 Å². The van der Waals surface area contributed by atoms with Gasteiger partial charge in [0, 0.05) is 18.2 Å². The minimum absolute atomic E-state index is 0. The van der Waals surface area contributed by atoms with Gasteiger partial charge in [0.2, 0.25) is 0 Å². The first-order valence-corrected chi connectivity index (χ1v) is 7.89. The van der Waals surface area contributed by atoms with E-state index in [0.29, 0.717) is 12.6 Å². The number of para-hydroxylation sites is 1. The van der Waals surface area contributed by atoms with Crippen molar-refractivity contribution in [2.75, 3.05) is 13.2 Å². The zero-order valence-electron chi connectivity index (χ0n) is 13.7. The summed E-state index contributed by atoms with van der Waals surface area (Å²) >= 11 is 0. The van der Waals surface area contributed by atoms with Crippen LogP contribution in [-0.2, 0) is 0 Å². The molecule has 0 heterocycles. The van der Waals surface area contributed by atoms with Crippen molar-refractivity contribution >= 4 is 12.4 Å². The fourth-order valence-electron chi connectivity index (χ4n) is 2.18. The van der Waals surface area contributed by atoms with Gasteiger partial charge >= 0.3 is 0 Å². The van der Waals surface area contributed by atoms with E-state index in [0.717, 1.165) is 23.3 Å². The summed E-state index contributed by atoms with van der Waals surface area (Å²) in [5.41, 5.74) is 2.16. The molecule has 126 valence electrons. The third-order valence-electron chi connectivity index (χ3n) is 3.72. The van der Waals surface area contributed by atoms with Crippen molar-refractivity contribution in [2.24, 2.45) is 0 Å². The number of aliphatic hydroxyl groups excluding tert-OH is 1. The summed E-state index contributed by atoms with van der Waals surface area (Å²) in [6.45, 7) is 5.06. The molecule has 0 radical (unpaired) electrons. The van der Waals surface area contributed by atoms with Gasteiger partial charge < -0.3 is 15.2 Å². The summed E-state index contributed by atoms with van der Waals surface area (Å²) < 4.78 is 5.83. The molecule has 4 heteroatoms. The number of hydrogen-bond acceptors (Lipinski definition) is 3. The van der Waals surface area contributed by atoms with E-state index >= 15 is 0 Å². The normalized spacial score (nSPS) is 13.0. The Morgan fingerprint density at radius 3 is 2.39 bits per heavy atom. The largest absolute Gasteiger partial charge is 0.490 e. The van der Waals surface area contributed by atoms with Crippen LogP contribution in [0.2, 0.25) is 0 Å². The maximum Gasteiger partial charge on any atom is 0.127 e. The van der Waals surface area contributed by atoms with Gasteiger partial charge in [0.1, 0.15) is 18.5 Å².